The number of rotatable bonds is 3. The van der Waals surface area contributed by atoms with Gasteiger partial charge in [0.25, 0.3) is 0 Å². The van der Waals surface area contributed by atoms with Crippen LogP contribution >= 0.6 is 0 Å². The van der Waals surface area contributed by atoms with Crippen LogP contribution in [0.25, 0.3) is 10.8 Å². The third kappa shape index (κ3) is 4.65. The van der Waals surface area contributed by atoms with E-state index in [1.54, 1.807) is 6.07 Å². The molecule has 5 heteroatoms. The summed E-state index contributed by atoms with van der Waals surface area (Å²) < 4.78 is 0.317. The summed E-state index contributed by atoms with van der Waals surface area (Å²) in [6, 6.07) is 9.44. The molecular formula is C16H19Hg2NO2. The van der Waals surface area contributed by atoms with E-state index < -0.39 is 0 Å². The van der Waals surface area contributed by atoms with Crippen LogP contribution in [0.5, 0.6) is 5.75 Å². The Balaban J connectivity index is 0.00000106. The third-order valence-electron chi connectivity index (χ3n) is 3.09. The van der Waals surface area contributed by atoms with E-state index in [4.69, 9.17) is 0 Å². The zero-order chi connectivity index (χ0) is 16.2. The van der Waals surface area contributed by atoms with Crippen molar-refractivity contribution in [1.82, 2.24) is 0 Å². The van der Waals surface area contributed by atoms with E-state index in [-0.39, 0.29) is 11.5 Å². The number of anilines is 1. The van der Waals surface area contributed by atoms with Crippen molar-refractivity contribution in [2.45, 2.75) is 14.8 Å². The third-order valence-corrected chi connectivity index (χ3v) is 5.97. The number of carbonyl (C=O) groups excluding carboxylic acids is 1. The SMILES string of the molecule is CC.CN(C)c1ccc2cc(C(=O)[CH]([Hg])[Hg])cc(O)c2c1. The van der Waals surface area contributed by atoms with E-state index in [0.29, 0.717) is 58.7 Å². The zero-order valence-electron chi connectivity index (χ0n) is 13.2. The Morgan fingerprint density at radius 3 is 2.29 bits per heavy atom. The van der Waals surface area contributed by atoms with Crippen LogP contribution < -0.4 is 4.90 Å². The van der Waals surface area contributed by atoms with Gasteiger partial charge in [-0.05, 0) is 0 Å². The molecule has 0 aliphatic rings. The number of ketones is 1. The molecule has 2 aromatic carbocycles. The second kappa shape index (κ2) is 8.47. The standard InChI is InChI=1S/C14H13NO2.C2H6.2Hg/c1-9(16)11-6-10-4-5-12(15(2)3)8-13(10)14(17)7-11;1-2;;/h1,4-8,17H,2-3H3;1-2H3;;. The molecule has 1 N–H and O–H groups in total. The van der Waals surface area contributed by atoms with Crippen LogP contribution in [-0.4, -0.2) is 25.0 Å². The molecule has 2 rings (SSSR count). The molecule has 0 saturated carbocycles. The normalized spacial score (nSPS) is 10.3. The first-order valence-electron chi connectivity index (χ1n) is 7.04. The van der Waals surface area contributed by atoms with Gasteiger partial charge >= 0.3 is 146 Å². The summed E-state index contributed by atoms with van der Waals surface area (Å²) >= 11 is 0.993. The van der Waals surface area contributed by atoms with Crippen molar-refractivity contribution in [2.24, 2.45) is 0 Å². The van der Waals surface area contributed by atoms with Gasteiger partial charge in [-0.2, -0.15) is 0 Å². The van der Waals surface area contributed by atoms with Crippen molar-refractivity contribution in [3.63, 3.8) is 0 Å². The predicted molar refractivity (Wildman–Crippen MR) is 79.4 cm³/mol. The second-order valence-electron chi connectivity index (χ2n) is 4.86. The fraction of sp³-hybridized carbons (Fsp3) is 0.312. The van der Waals surface area contributed by atoms with Crippen molar-refractivity contribution >= 4 is 22.2 Å². The fourth-order valence-corrected chi connectivity index (χ4v) is 3.81. The molecule has 21 heavy (non-hydrogen) atoms. The van der Waals surface area contributed by atoms with Crippen LogP contribution in [0.3, 0.4) is 0 Å². The van der Waals surface area contributed by atoms with Crippen LogP contribution in [0, 0.1) is 0 Å². The van der Waals surface area contributed by atoms with Gasteiger partial charge in [-0.3, -0.25) is 0 Å². The van der Waals surface area contributed by atoms with Crippen molar-refractivity contribution in [2.75, 3.05) is 19.0 Å². The Morgan fingerprint density at radius 2 is 1.76 bits per heavy atom. The Kier molecular flexibility index (Phi) is 7.62. The van der Waals surface area contributed by atoms with Gasteiger partial charge in [-0.1, -0.05) is 13.8 Å². The molecule has 0 heterocycles. The maximum atomic E-state index is 12.1. The molecule has 0 unspecified atom stereocenters. The van der Waals surface area contributed by atoms with Crippen molar-refractivity contribution in [1.29, 1.82) is 0 Å². The summed E-state index contributed by atoms with van der Waals surface area (Å²) in [4.78, 5) is 14.1. The van der Waals surface area contributed by atoms with Crippen molar-refractivity contribution in [3.05, 3.63) is 35.9 Å². The number of Topliss-reactive ketones (excluding diaryl/α,β-unsaturated/α-hetero) is 1. The molecule has 0 bridgehead atoms. The van der Waals surface area contributed by atoms with Gasteiger partial charge in [0.05, 0.1) is 0 Å². The molecule has 0 spiro atoms. The number of nitrogens with zero attached hydrogens (tertiary/aromatic N) is 1. The molecule has 0 saturated heterocycles. The van der Waals surface area contributed by atoms with E-state index >= 15 is 0 Å². The van der Waals surface area contributed by atoms with Crippen LogP contribution in [0.2, 0.25) is 0.935 Å². The van der Waals surface area contributed by atoms with Gasteiger partial charge in [0.15, 0.2) is 0 Å². The number of phenols is 1. The second-order valence-corrected chi connectivity index (χ2v) is 30.0. The van der Waals surface area contributed by atoms with E-state index in [1.165, 1.54) is 0 Å². The van der Waals surface area contributed by atoms with E-state index in [2.05, 4.69) is 0 Å². The van der Waals surface area contributed by atoms with Gasteiger partial charge in [0, 0.05) is 0 Å². The topological polar surface area (TPSA) is 40.5 Å². The molecule has 0 aliphatic carbocycles. The molecule has 0 amide bonds. The van der Waals surface area contributed by atoms with Gasteiger partial charge in [-0.25, -0.2) is 0 Å². The van der Waals surface area contributed by atoms with Crippen LogP contribution in [0.15, 0.2) is 30.3 Å². The molecule has 2 aromatic rings. The zero-order valence-corrected chi connectivity index (χ0v) is 24.2. The molecule has 0 atom stereocenters. The average molecular weight is 659 g/mol. The van der Waals surface area contributed by atoms with Crippen LogP contribution in [0.1, 0.15) is 24.2 Å². The number of phenolic OH excluding ortho intramolecular Hbond substituents is 1. The quantitative estimate of drug-likeness (QED) is 0.405. The van der Waals surface area contributed by atoms with Crippen LogP contribution in [0.4, 0.5) is 5.69 Å². The summed E-state index contributed by atoms with van der Waals surface area (Å²) in [6.45, 7) is 4.00. The monoisotopic (exact) mass is 661 g/mol. The molecule has 0 aliphatic heterocycles. The number of hydrogen-bond donors (Lipinski definition) is 1. The Bertz CT molecular complexity index is 639. The summed E-state index contributed by atoms with van der Waals surface area (Å²) in [5, 5.41) is 11.9. The molecule has 0 radical (unpaired) electrons. The van der Waals surface area contributed by atoms with Gasteiger partial charge in [0.1, 0.15) is 0 Å². The van der Waals surface area contributed by atoms with Crippen molar-refractivity contribution in [3.8, 4) is 5.75 Å². The molecule has 0 fully saturated rings. The first kappa shape index (κ1) is 18.9. The van der Waals surface area contributed by atoms with Gasteiger partial charge in [0.2, 0.25) is 0 Å². The first-order valence-corrected chi connectivity index (χ1v) is 13.4. The summed E-state index contributed by atoms with van der Waals surface area (Å²) in [7, 11) is 3.93. The maximum absolute atomic E-state index is 12.1. The summed E-state index contributed by atoms with van der Waals surface area (Å²) in [6.07, 6.45) is 0. The van der Waals surface area contributed by atoms with Gasteiger partial charge in [-0.15, -0.1) is 0 Å². The molecular weight excluding hydrogens is 639 g/mol. The predicted octanol–water partition coefficient (Wildman–Crippen LogP) is 3.66. The number of aromatic hydroxyl groups is 1. The number of benzene rings is 2. The molecule has 3 nitrogen and oxygen atoms in total. The Labute approximate surface area is 158 Å². The Hall–Kier alpha value is -0.160. The van der Waals surface area contributed by atoms with E-state index in [9.17, 15) is 9.90 Å². The summed E-state index contributed by atoms with van der Waals surface area (Å²) in [5.74, 6) is 0.424. The first-order chi connectivity index (χ1) is 9.90. The summed E-state index contributed by atoms with van der Waals surface area (Å²) in [5.41, 5.74) is 1.70. The van der Waals surface area contributed by atoms with E-state index in [0.717, 1.165) is 16.5 Å². The van der Waals surface area contributed by atoms with Gasteiger partial charge < -0.3 is 0 Å². The Morgan fingerprint density at radius 1 is 1.14 bits per heavy atom. The molecule has 104 valence electrons. The number of carbonyl (C=O) groups is 1. The van der Waals surface area contributed by atoms with E-state index in [1.807, 2.05) is 57.1 Å². The van der Waals surface area contributed by atoms with Crippen LogP contribution in [-0.2, 0) is 52.2 Å². The average Bonchev–Trinajstić information content (AvgIpc) is 2.47. The number of hydrogen-bond acceptors (Lipinski definition) is 3. The minimum atomic E-state index is 0.201. The fourth-order valence-electron chi connectivity index (χ4n) is 1.98. The van der Waals surface area contributed by atoms with Crippen molar-refractivity contribution < 1.29 is 62.1 Å². The number of fused-ring (bicyclic) bond motifs is 1. The molecule has 0 aromatic heterocycles. The minimum absolute atomic E-state index is 0.201.